The highest BCUT2D eigenvalue weighted by Crippen LogP contribution is 2.08. The van der Waals surface area contributed by atoms with Crippen molar-refractivity contribution >= 4 is 17.4 Å². The van der Waals surface area contributed by atoms with Crippen LogP contribution in [-0.2, 0) is 6.42 Å². The lowest BCUT2D eigenvalue weighted by Gasteiger charge is -2.21. The monoisotopic (exact) mass is 270 g/mol. The van der Waals surface area contributed by atoms with E-state index in [0.29, 0.717) is 13.0 Å². The van der Waals surface area contributed by atoms with Crippen molar-refractivity contribution in [3.63, 3.8) is 0 Å². The van der Waals surface area contributed by atoms with Crippen molar-refractivity contribution < 1.29 is 9.90 Å². The van der Waals surface area contributed by atoms with E-state index >= 15 is 0 Å². The van der Waals surface area contributed by atoms with E-state index < -0.39 is 0 Å². The largest absolute Gasteiger partial charge is 0.393 e. The van der Waals surface area contributed by atoms with E-state index in [9.17, 15) is 9.90 Å². The first-order valence-corrected chi connectivity index (χ1v) is 7.14. The summed E-state index contributed by atoms with van der Waals surface area (Å²) in [6.45, 7) is 4.29. The molecular formula is C13H22N2O2S. The molecule has 2 amide bonds. The Bertz CT molecular complexity index is 352. The summed E-state index contributed by atoms with van der Waals surface area (Å²) in [4.78, 5) is 13.4. The molecule has 0 fully saturated rings. The van der Waals surface area contributed by atoms with Crippen molar-refractivity contribution in [2.45, 2.75) is 38.8 Å². The summed E-state index contributed by atoms with van der Waals surface area (Å²) in [6, 6.07) is 2.10. The number of hydrogen-bond acceptors (Lipinski definition) is 3. The number of carbonyl (C=O) groups is 1. The summed E-state index contributed by atoms with van der Waals surface area (Å²) in [6.07, 6.45) is 1.07. The van der Waals surface area contributed by atoms with Crippen LogP contribution >= 0.6 is 11.3 Å². The van der Waals surface area contributed by atoms with Crippen LogP contribution in [0, 0.1) is 0 Å². The summed E-state index contributed by atoms with van der Waals surface area (Å²) < 4.78 is 0. The third-order valence-electron chi connectivity index (χ3n) is 2.72. The molecule has 0 saturated heterocycles. The highest BCUT2D eigenvalue weighted by molar-refractivity contribution is 7.07. The molecule has 0 spiro atoms. The Hall–Kier alpha value is -1.07. The molecule has 0 saturated carbocycles. The zero-order valence-electron chi connectivity index (χ0n) is 11.2. The average molecular weight is 270 g/mol. The number of urea groups is 1. The number of aliphatic hydroxyl groups excluding tert-OH is 1. The fraction of sp³-hybridized carbons (Fsp3) is 0.615. The van der Waals surface area contributed by atoms with Gasteiger partial charge in [-0.25, -0.2) is 4.79 Å². The smallest absolute Gasteiger partial charge is 0.317 e. The topological polar surface area (TPSA) is 52.6 Å². The molecule has 1 heterocycles. The quantitative estimate of drug-likeness (QED) is 0.831. The zero-order chi connectivity index (χ0) is 13.5. The van der Waals surface area contributed by atoms with Gasteiger partial charge in [-0.05, 0) is 49.1 Å². The Kier molecular flexibility index (Phi) is 6.15. The van der Waals surface area contributed by atoms with E-state index in [1.165, 1.54) is 5.56 Å². The first kappa shape index (κ1) is 15.0. The van der Waals surface area contributed by atoms with Crippen LogP contribution in [0.5, 0.6) is 0 Å². The number of aliphatic hydroxyl groups is 1. The molecule has 1 aromatic heterocycles. The number of nitrogens with zero attached hydrogens (tertiary/aromatic N) is 1. The number of carbonyl (C=O) groups excluding carboxylic acids is 1. The van der Waals surface area contributed by atoms with Crippen LogP contribution in [0.15, 0.2) is 16.8 Å². The maximum absolute atomic E-state index is 11.8. The zero-order valence-corrected chi connectivity index (χ0v) is 12.0. The Morgan fingerprint density at radius 2 is 2.28 bits per heavy atom. The van der Waals surface area contributed by atoms with Gasteiger partial charge >= 0.3 is 6.03 Å². The summed E-state index contributed by atoms with van der Waals surface area (Å²) >= 11 is 1.67. The highest BCUT2D eigenvalue weighted by Gasteiger charge is 2.12. The number of thiophene rings is 1. The minimum Gasteiger partial charge on any atom is -0.393 e. The molecule has 0 radical (unpaired) electrons. The Balaban J connectivity index is 2.30. The van der Waals surface area contributed by atoms with Crippen molar-refractivity contribution in [1.29, 1.82) is 0 Å². The molecule has 2 N–H and O–H groups in total. The van der Waals surface area contributed by atoms with E-state index in [-0.39, 0.29) is 18.2 Å². The molecule has 0 unspecified atom stereocenters. The summed E-state index contributed by atoms with van der Waals surface area (Å²) in [5.41, 5.74) is 1.25. The standard InChI is InChI=1S/C13H22N2O2S/c1-10(8-12-5-7-18-9-12)14-13(17)15(3)6-4-11(2)16/h5,7,9-11,16H,4,6,8H2,1-3H3,(H,14,17)/t10-,11-/m0/s1. The summed E-state index contributed by atoms with van der Waals surface area (Å²) in [7, 11) is 1.75. The van der Waals surface area contributed by atoms with Crippen LogP contribution < -0.4 is 5.32 Å². The number of rotatable bonds is 6. The molecule has 102 valence electrons. The van der Waals surface area contributed by atoms with Crippen molar-refractivity contribution in [1.82, 2.24) is 10.2 Å². The van der Waals surface area contributed by atoms with E-state index in [1.54, 1.807) is 30.2 Å². The Morgan fingerprint density at radius 1 is 1.56 bits per heavy atom. The third-order valence-corrected chi connectivity index (χ3v) is 3.45. The Morgan fingerprint density at radius 3 is 2.83 bits per heavy atom. The maximum Gasteiger partial charge on any atom is 0.317 e. The second-order valence-corrected chi connectivity index (χ2v) is 5.53. The molecule has 2 atom stereocenters. The second kappa shape index (κ2) is 7.38. The molecule has 0 bridgehead atoms. The van der Waals surface area contributed by atoms with Crippen molar-refractivity contribution in [2.75, 3.05) is 13.6 Å². The number of amides is 2. The van der Waals surface area contributed by atoms with Gasteiger partial charge in [-0.3, -0.25) is 0 Å². The fourth-order valence-electron chi connectivity index (χ4n) is 1.62. The first-order chi connectivity index (χ1) is 8.49. The highest BCUT2D eigenvalue weighted by atomic mass is 32.1. The van der Waals surface area contributed by atoms with E-state index in [4.69, 9.17) is 0 Å². The molecule has 18 heavy (non-hydrogen) atoms. The summed E-state index contributed by atoms with van der Waals surface area (Å²) in [5, 5.41) is 16.3. The van der Waals surface area contributed by atoms with Crippen LogP contribution in [0.2, 0.25) is 0 Å². The van der Waals surface area contributed by atoms with Crippen molar-refractivity contribution in [3.05, 3.63) is 22.4 Å². The fourth-order valence-corrected chi connectivity index (χ4v) is 2.30. The van der Waals surface area contributed by atoms with Crippen LogP contribution in [0.3, 0.4) is 0 Å². The van der Waals surface area contributed by atoms with Gasteiger partial charge < -0.3 is 15.3 Å². The van der Waals surface area contributed by atoms with Crippen LogP contribution in [-0.4, -0.2) is 41.8 Å². The molecule has 0 aliphatic rings. The number of hydrogen-bond donors (Lipinski definition) is 2. The molecule has 1 aromatic rings. The lowest BCUT2D eigenvalue weighted by atomic mass is 10.1. The van der Waals surface area contributed by atoms with Gasteiger partial charge in [-0.1, -0.05) is 0 Å². The second-order valence-electron chi connectivity index (χ2n) is 4.75. The lowest BCUT2D eigenvalue weighted by molar-refractivity contribution is 0.162. The van der Waals surface area contributed by atoms with Gasteiger partial charge in [0.15, 0.2) is 0 Å². The predicted molar refractivity (Wildman–Crippen MR) is 74.9 cm³/mol. The van der Waals surface area contributed by atoms with Gasteiger partial charge in [0.05, 0.1) is 6.10 Å². The maximum atomic E-state index is 11.8. The number of nitrogens with one attached hydrogen (secondary N) is 1. The predicted octanol–water partition coefficient (Wildman–Crippen LogP) is 2.09. The molecule has 0 aliphatic heterocycles. The molecule has 0 aromatic carbocycles. The molecule has 1 rings (SSSR count). The normalized spacial score (nSPS) is 14.0. The summed E-state index contributed by atoms with van der Waals surface area (Å²) in [5.74, 6) is 0. The van der Waals surface area contributed by atoms with E-state index in [1.807, 2.05) is 12.3 Å². The molecule has 0 aliphatic carbocycles. The lowest BCUT2D eigenvalue weighted by Crippen LogP contribution is -2.43. The minimum absolute atomic E-state index is 0.0848. The van der Waals surface area contributed by atoms with Gasteiger partial charge in [0, 0.05) is 19.6 Å². The van der Waals surface area contributed by atoms with Gasteiger partial charge in [0.25, 0.3) is 0 Å². The SMILES string of the molecule is C[C@H](O)CCN(C)C(=O)N[C@@H](C)Cc1ccsc1. The van der Waals surface area contributed by atoms with Gasteiger partial charge in [0.1, 0.15) is 0 Å². The van der Waals surface area contributed by atoms with Crippen LogP contribution in [0.4, 0.5) is 4.79 Å². The first-order valence-electron chi connectivity index (χ1n) is 6.19. The van der Waals surface area contributed by atoms with Crippen molar-refractivity contribution in [2.24, 2.45) is 0 Å². The molecule has 4 nitrogen and oxygen atoms in total. The van der Waals surface area contributed by atoms with Crippen molar-refractivity contribution in [3.8, 4) is 0 Å². The molecule has 5 heteroatoms. The minimum atomic E-state index is -0.372. The van der Waals surface area contributed by atoms with Gasteiger partial charge in [0.2, 0.25) is 0 Å². The third kappa shape index (κ3) is 5.51. The van der Waals surface area contributed by atoms with Crippen LogP contribution in [0.25, 0.3) is 0 Å². The van der Waals surface area contributed by atoms with Gasteiger partial charge in [-0.15, -0.1) is 0 Å². The van der Waals surface area contributed by atoms with Crippen LogP contribution in [0.1, 0.15) is 25.8 Å². The Labute approximate surface area is 113 Å². The average Bonchev–Trinajstić information content (AvgIpc) is 2.78. The molecular weight excluding hydrogens is 248 g/mol. The van der Waals surface area contributed by atoms with E-state index in [0.717, 1.165) is 6.42 Å². The van der Waals surface area contributed by atoms with E-state index in [2.05, 4.69) is 16.8 Å². The van der Waals surface area contributed by atoms with Gasteiger partial charge in [-0.2, -0.15) is 11.3 Å².